The molecule has 0 spiro atoms. The van der Waals surface area contributed by atoms with Gasteiger partial charge in [-0.05, 0) is 35.8 Å². The van der Waals surface area contributed by atoms with Gasteiger partial charge in [0.1, 0.15) is 0 Å². The van der Waals surface area contributed by atoms with Crippen LogP contribution in [0.15, 0.2) is 29.3 Å². The number of hydrogen-bond donors (Lipinski definition) is 1. The Labute approximate surface area is 174 Å². The van der Waals surface area contributed by atoms with Gasteiger partial charge in [0.2, 0.25) is 0 Å². The van der Waals surface area contributed by atoms with Crippen molar-refractivity contribution >= 4 is 39.8 Å². The fourth-order valence-electron chi connectivity index (χ4n) is 3.48. The van der Waals surface area contributed by atoms with Gasteiger partial charge in [0, 0.05) is 26.2 Å². The molecular weight excluding hydrogens is 461 g/mol. The maximum atomic E-state index is 11.7. The van der Waals surface area contributed by atoms with Crippen LogP contribution < -0.4 is 5.32 Å². The third-order valence-electron chi connectivity index (χ3n) is 4.91. The highest BCUT2D eigenvalue weighted by Crippen LogP contribution is 2.20. The van der Waals surface area contributed by atoms with Crippen LogP contribution in [0.5, 0.6) is 0 Å². The van der Waals surface area contributed by atoms with E-state index >= 15 is 0 Å². The molecule has 0 aromatic heterocycles. The van der Waals surface area contributed by atoms with E-state index in [1.54, 1.807) is 0 Å². The second kappa shape index (κ2) is 9.39. The number of aliphatic imine (C=N–C) groups is 1. The summed E-state index contributed by atoms with van der Waals surface area (Å²) in [5, 5.41) is 3.47. The van der Waals surface area contributed by atoms with Crippen LogP contribution in [-0.2, 0) is 22.8 Å². The van der Waals surface area contributed by atoms with Gasteiger partial charge in [0.05, 0.1) is 11.5 Å². The third-order valence-corrected chi connectivity index (χ3v) is 6.75. The van der Waals surface area contributed by atoms with Crippen molar-refractivity contribution in [1.29, 1.82) is 0 Å². The summed E-state index contributed by atoms with van der Waals surface area (Å²) in [5.41, 5.74) is 2.78. The van der Waals surface area contributed by atoms with Gasteiger partial charge in [-0.3, -0.25) is 4.99 Å². The minimum absolute atomic E-state index is 0. The molecule has 1 aromatic rings. The second-order valence-corrected chi connectivity index (χ2v) is 9.88. The first kappa shape index (κ1) is 21.5. The summed E-state index contributed by atoms with van der Waals surface area (Å²) in [6.45, 7) is 7.61. The molecule has 1 N–H and O–H groups in total. The molecule has 1 atom stereocenters. The molecule has 1 saturated heterocycles. The van der Waals surface area contributed by atoms with E-state index < -0.39 is 9.84 Å². The number of rotatable bonds is 4. The molecule has 3 rings (SSSR count). The summed E-state index contributed by atoms with van der Waals surface area (Å²) in [6, 6.07) is 8.57. The average Bonchev–Trinajstić information content (AvgIpc) is 2.93. The Bertz CT molecular complexity index is 734. The average molecular weight is 491 g/mol. The maximum Gasteiger partial charge on any atom is 0.194 e. The zero-order chi connectivity index (χ0) is 17.9. The van der Waals surface area contributed by atoms with Crippen LogP contribution in [0.4, 0.5) is 0 Å². The number of nitrogens with zero attached hydrogens (tertiary/aromatic N) is 2. The molecule has 0 saturated carbocycles. The van der Waals surface area contributed by atoms with Crippen molar-refractivity contribution in [2.45, 2.75) is 33.2 Å². The van der Waals surface area contributed by atoms with Gasteiger partial charge in [-0.15, -0.1) is 24.0 Å². The normalized spacial score (nSPS) is 22.0. The van der Waals surface area contributed by atoms with Crippen molar-refractivity contribution in [2.75, 3.05) is 31.1 Å². The molecule has 146 valence electrons. The Hall–Kier alpha value is -0.830. The van der Waals surface area contributed by atoms with Gasteiger partial charge in [0.25, 0.3) is 0 Å². The van der Waals surface area contributed by atoms with Crippen LogP contribution in [0.2, 0.25) is 0 Å². The second-order valence-electron chi connectivity index (χ2n) is 7.65. The summed E-state index contributed by atoms with van der Waals surface area (Å²) < 4.78 is 23.3. The number of sulfone groups is 1. The Morgan fingerprint density at radius 3 is 2.69 bits per heavy atom. The molecule has 26 heavy (non-hydrogen) atoms. The van der Waals surface area contributed by atoms with Gasteiger partial charge in [0.15, 0.2) is 15.8 Å². The molecule has 1 unspecified atom stereocenters. The highest BCUT2D eigenvalue weighted by atomic mass is 127. The van der Waals surface area contributed by atoms with E-state index in [1.807, 2.05) is 0 Å². The lowest BCUT2D eigenvalue weighted by Crippen LogP contribution is -2.45. The smallest absolute Gasteiger partial charge is 0.194 e. The first-order chi connectivity index (χ1) is 11.9. The molecule has 1 fully saturated rings. The number of benzene rings is 1. The summed E-state index contributed by atoms with van der Waals surface area (Å²) in [5.74, 6) is 2.26. The van der Waals surface area contributed by atoms with Gasteiger partial charge in [-0.25, -0.2) is 8.42 Å². The van der Waals surface area contributed by atoms with Crippen molar-refractivity contribution in [1.82, 2.24) is 10.2 Å². The molecule has 7 heteroatoms. The zero-order valence-electron chi connectivity index (χ0n) is 15.6. The lowest BCUT2D eigenvalue weighted by molar-refractivity contribution is 0.372. The van der Waals surface area contributed by atoms with Crippen LogP contribution in [0.3, 0.4) is 0 Å². The molecular formula is C19H30IN3O2S. The van der Waals surface area contributed by atoms with Gasteiger partial charge < -0.3 is 10.2 Å². The molecule has 0 aliphatic carbocycles. The number of fused-ring (bicyclic) bond motifs is 1. The van der Waals surface area contributed by atoms with Crippen molar-refractivity contribution in [3.05, 3.63) is 35.4 Å². The van der Waals surface area contributed by atoms with Crippen LogP contribution in [0.25, 0.3) is 0 Å². The monoisotopic (exact) mass is 491 g/mol. The minimum Gasteiger partial charge on any atom is -0.356 e. The van der Waals surface area contributed by atoms with Crippen LogP contribution in [-0.4, -0.2) is 50.4 Å². The molecule has 0 radical (unpaired) electrons. The molecule has 0 amide bonds. The van der Waals surface area contributed by atoms with E-state index in [4.69, 9.17) is 4.99 Å². The first-order valence-corrected chi connectivity index (χ1v) is 11.1. The Kier molecular flexibility index (Phi) is 7.76. The van der Waals surface area contributed by atoms with Crippen molar-refractivity contribution < 1.29 is 8.42 Å². The van der Waals surface area contributed by atoms with Gasteiger partial charge in [-0.2, -0.15) is 0 Å². The quantitative estimate of drug-likeness (QED) is 0.400. The zero-order valence-corrected chi connectivity index (χ0v) is 18.8. The number of hydrogen-bond acceptors (Lipinski definition) is 3. The summed E-state index contributed by atoms with van der Waals surface area (Å²) in [6.07, 6.45) is 1.78. The SMILES string of the molecule is CC(C)CN=C(NCC1CCS(=O)(=O)C1)N1CCc2ccccc2C1.I. The van der Waals surface area contributed by atoms with Crippen molar-refractivity contribution in [3.8, 4) is 0 Å². The number of halogens is 1. The first-order valence-electron chi connectivity index (χ1n) is 9.23. The fraction of sp³-hybridized carbons (Fsp3) is 0.632. The Balaban J connectivity index is 0.00000243. The van der Waals surface area contributed by atoms with Crippen molar-refractivity contribution in [2.24, 2.45) is 16.8 Å². The molecule has 2 aliphatic heterocycles. The van der Waals surface area contributed by atoms with Crippen LogP contribution >= 0.6 is 24.0 Å². The van der Waals surface area contributed by atoms with Crippen LogP contribution in [0.1, 0.15) is 31.4 Å². The molecule has 5 nitrogen and oxygen atoms in total. The van der Waals surface area contributed by atoms with Gasteiger partial charge >= 0.3 is 0 Å². The van der Waals surface area contributed by atoms with Gasteiger partial charge in [-0.1, -0.05) is 38.1 Å². The lowest BCUT2D eigenvalue weighted by atomic mass is 10.0. The highest BCUT2D eigenvalue weighted by molar-refractivity contribution is 14.0. The molecule has 2 aliphatic rings. The van der Waals surface area contributed by atoms with Crippen LogP contribution in [0, 0.1) is 11.8 Å². The molecule has 0 bridgehead atoms. The van der Waals surface area contributed by atoms with E-state index in [1.165, 1.54) is 11.1 Å². The number of nitrogens with one attached hydrogen (secondary N) is 1. The van der Waals surface area contributed by atoms with E-state index in [2.05, 4.69) is 48.3 Å². The predicted molar refractivity (Wildman–Crippen MR) is 118 cm³/mol. The predicted octanol–water partition coefficient (Wildman–Crippen LogP) is 2.70. The molecule has 2 heterocycles. The fourth-order valence-corrected chi connectivity index (χ4v) is 5.34. The summed E-state index contributed by atoms with van der Waals surface area (Å²) in [7, 11) is -2.83. The number of guanidine groups is 1. The minimum atomic E-state index is -2.83. The topological polar surface area (TPSA) is 61.8 Å². The summed E-state index contributed by atoms with van der Waals surface area (Å²) >= 11 is 0. The van der Waals surface area contributed by atoms with E-state index in [0.29, 0.717) is 24.0 Å². The lowest BCUT2D eigenvalue weighted by Gasteiger charge is -2.32. The molecule has 1 aromatic carbocycles. The standard InChI is InChI=1S/C19H29N3O2S.HI/c1-15(2)11-20-19(21-12-16-8-10-25(23,24)14-16)22-9-7-17-5-3-4-6-18(17)13-22;/h3-6,15-16H,7-14H2,1-2H3,(H,20,21);1H. The maximum absolute atomic E-state index is 11.7. The van der Waals surface area contributed by atoms with Crippen molar-refractivity contribution in [3.63, 3.8) is 0 Å². The largest absolute Gasteiger partial charge is 0.356 e. The van der Waals surface area contributed by atoms with E-state index in [9.17, 15) is 8.42 Å². The third kappa shape index (κ3) is 5.84. The summed E-state index contributed by atoms with van der Waals surface area (Å²) in [4.78, 5) is 7.10. The Morgan fingerprint density at radius 1 is 1.31 bits per heavy atom. The van der Waals surface area contributed by atoms with E-state index in [0.717, 1.165) is 38.4 Å². The Morgan fingerprint density at radius 2 is 2.04 bits per heavy atom. The van der Waals surface area contributed by atoms with E-state index in [-0.39, 0.29) is 29.9 Å². The highest BCUT2D eigenvalue weighted by Gasteiger charge is 2.28.